The molecule has 4 fully saturated rings. The quantitative estimate of drug-likeness (QED) is 0.682. The summed E-state index contributed by atoms with van der Waals surface area (Å²) in [6.07, 6.45) is 9.15. The number of hydrogen-bond donors (Lipinski definition) is 0. The molecule has 1 aliphatic carbocycles. The van der Waals surface area contributed by atoms with E-state index in [4.69, 9.17) is 0 Å². The molecule has 168 valence electrons. The fraction of sp³-hybridized carbons (Fsp3) is 0.692. The summed E-state index contributed by atoms with van der Waals surface area (Å²) in [5.74, 6) is 0.648. The van der Waals surface area contributed by atoms with Crippen LogP contribution in [0.4, 0.5) is 0 Å². The molecule has 3 aliphatic heterocycles. The maximum Gasteiger partial charge on any atom is 0.229 e. The van der Waals surface area contributed by atoms with Crippen molar-refractivity contribution >= 4 is 11.8 Å². The first-order chi connectivity index (χ1) is 15.1. The Morgan fingerprint density at radius 1 is 0.903 bits per heavy atom. The fourth-order valence-corrected chi connectivity index (χ4v) is 6.58. The minimum atomic E-state index is 0.0123. The summed E-state index contributed by atoms with van der Waals surface area (Å²) in [6.45, 7) is 6.22. The minimum absolute atomic E-state index is 0.0123. The van der Waals surface area contributed by atoms with Gasteiger partial charge in [-0.25, -0.2) is 0 Å². The van der Waals surface area contributed by atoms with Gasteiger partial charge < -0.3 is 4.90 Å². The molecule has 1 spiro atoms. The molecule has 5 rings (SSSR count). The van der Waals surface area contributed by atoms with Crippen LogP contribution in [0.3, 0.4) is 0 Å². The number of carbonyl (C=O) groups excluding carboxylic acids is 2. The lowest BCUT2D eigenvalue weighted by atomic mass is 9.76. The van der Waals surface area contributed by atoms with Crippen LogP contribution in [0.1, 0.15) is 56.9 Å². The second-order valence-corrected chi connectivity index (χ2v) is 10.6. The molecule has 1 saturated carbocycles. The molecule has 0 bridgehead atoms. The molecule has 0 radical (unpaired) electrons. The average Bonchev–Trinajstić information content (AvgIpc) is 3.22. The normalized spacial score (nSPS) is 29.5. The lowest BCUT2D eigenvalue weighted by Crippen LogP contribution is -2.58. The van der Waals surface area contributed by atoms with Crippen LogP contribution in [0.15, 0.2) is 30.3 Å². The molecule has 3 saturated heterocycles. The Balaban J connectivity index is 1.10. The van der Waals surface area contributed by atoms with Gasteiger partial charge in [-0.05, 0) is 49.0 Å². The average molecular weight is 424 g/mol. The van der Waals surface area contributed by atoms with E-state index in [1.807, 2.05) is 0 Å². The first-order valence-corrected chi connectivity index (χ1v) is 12.4. The SMILES string of the molecule is O=C1CC2(CCCC2)CC(=O)N1C[C@H]1CCC2CN(CCc3ccccc3)CCN2C1. The van der Waals surface area contributed by atoms with Gasteiger partial charge in [-0.2, -0.15) is 0 Å². The Labute approximate surface area is 186 Å². The van der Waals surface area contributed by atoms with E-state index in [0.29, 0.717) is 31.3 Å². The van der Waals surface area contributed by atoms with Gasteiger partial charge in [0.2, 0.25) is 11.8 Å². The molecule has 1 unspecified atom stereocenters. The third kappa shape index (κ3) is 4.73. The highest BCUT2D eigenvalue weighted by atomic mass is 16.2. The van der Waals surface area contributed by atoms with E-state index in [1.54, 1.807) is 4.90 Å². The summed E-state index contributed by atoms with van der Waals surface area (Å²) in [4.78, 5) is 32.6. The Bertz CT molecular complexity index is 769. The molecule has 1 aromatic rings. The zero-order valence-electron chi connectivity index (χ0n) is 18.8. The number of carbonyl (C=O) groups is 2. The van der Waals surface area contributed by atoms with Crippen molar-refractivity contribution in [1.29, 1.82) is 0 Å². The molecule has 2 atom stereocenters. The number of fused-ring (bicyclic) bond motifs is 1. The number of benzene rings is 1. The molecule has 4 aliphatic rings. The number of nitrogens with zero attached hydrogens (tertiary/aromatic N) is 3. The maximum atomic E-state index is 12.8. The number of piperazine rings is 1. The maximum absolute atomic E-state index is 12.8. The van der Waals surface area contributed by atoms with Crippen LogP contribution in [0.2, 0.25) is 0 Å². The van der Waals surface area contributed by atoms with E-state index in [9.17, 15) is 9.59 Å². The fourth-order valence-electron chi connectivity index (χ4n) is 6.58. The molecule has 1 aromatic carbocycles. The molecule has 3 heterocycles. The van der Waals surface area contributed by atoms with Gasteiger partial charge in [0.25, 0.3) is 0 Å². The van der Waals surface area contributed by atoms with Crippen LogP contribution >= 0.6 is 0 Å². The number of rotatable bonds is 5. The first-order valence-electron chi connectivity index (χ1n) is 12.4. The van der Waals surface area contributed by atoms with Crippen molar-refractivity contribution in [3.05, 3.63) is 35.9 Å². The van der Waals surface area contributed by atoms with Crippen molar-refractivity contribution in [2.24, 2.45) is 11.3 Å². The van der Waals surface area contributed by atoms with Gasteiger partial charge in [0.15, 0.2) is 0 Å². The van der Waals surface area contributed by atoms with Crippen molar-refractivity contribution in [3.63, 3.8) is 0 Å². The second kappa shape index (κ2) is 9.03. The largest absolute Gasteiger partial charge is 0.300 e. The number of piperidine rings is 2. The first kappa shape index (κ1) is 21.1. The Hall–Kier alpha value is -1.72. The van der Waals surface area contributed by atoms with Crippen LogP contribution in [-0.2, 0) is 16.0 Å². The van der Waals surface area contributed by atoms with Crippen LogP contribution in [-0.4, -0.2) is 71.8 Å². The monoisotopic (exact) mass is 423 g/mol. The number of imide groups is 1. The summed E-state index contributed by atoms with van der Waals surface area (Å²) in [5.41, 5.74) is 1.43. The lowest BCUT2D eigenvalue weighted by molar-refractivity contribution is -0.154. The van der Waals surface area contributed by atoms with Gasteiger partial charge in [0.05, 0.1) is 0 Å². The Kier molecular flexibility index (Phi) is 6.16. The van der Waals surface area contributed by atoms with Gasteiger partial charge in [-0.1, -0.05) is 43.2 Å². The Morgan fingerprint density at radius 3 is 2.39 bits per heavy atom. The van der Waals surface area contributed by atoms with Gasteiger partial charge in [0, 0.05) is 58.2 Å². The van der Waals surface area contributed by atoms with E-state index >= 15 is 0 Å². The van der Waals surface area contributed by atoms with E-state index in [2.05, 4.69) is 40.1 Å². The van der Waals surface area contributed by atoms with Crippen molar-refractivity contribution in [2.75, 3.05) is 39.3 Å². The standard InChI is InChI=1S/C26H37N3O2/c30-24-16-26(11-4-5-12-26)17-25(31)29(24)19-22-8-9-23-20-27(14-15-28(23)18-22)13-10-21-6-2-1-3-7-21/h1-3,6-7,22-23H,4-5,8-20H2/t22-,23?/m0/s1. The number of hydrogen-bond acceptors (Lipinski definition) is 4. The predicted molar refractivity (Wildman–Crippen MR) is 122 cm³/mol. The Morgan fingerprint density at radius 2 is 1.65 bits per heavy atom. The van der Waals surface area contributed by atoms with Crippen molar-refractivity contribution in [1.82, 2.24) is 14.7 Å². The van der Waals surface area contributed by atoms with Crippen molar-refractivity contribution < 1.29 is 9.59 Å². The minimum Gasteiger partial charge on any atom is -0.300 e. The molecule has 2 amide bonds. The molecular weight excluding hydrogens is 386 g/mol. The van der Waals surface area contributed by atoms with Crippen LogP contribution < -0.4 is 0 Å². The molecule has 0 N–H and O–H groups in total. The molecule has 5 heteroatoms. The van der Waals surface area contributed by atoms with E-state index in [0.717, 1.165) is 58.4 Å². The summed E-state index contributed by atoms with van der Waals surface area (Å²) in [7, 11) is 0. The highest BCUT2D eigenvalue weighted by Crippen LogP contribution is 2.47. The summed E-state index contributed by atoms with van der Waals surface area (Å²) >= 11 is 0. The third-order valence-electron chi connectivity index (χ3n) is 8.41. The summed E-state index contributed by atoms with van der Waals surface area (Å²) in [6, 6.07) is 11.4. The van der Waals surface area contributed by atoms with E-state index < -0.39 is 0 Å². The van der Waals surface area contributed by atoms with Crippen LogP contribution in [0.25, 0.3) is 0 Å². The topological polar surface area (TPSA) is 43.9 Å². The zero-order chi connectivity index (χ0) is 21.3. The summed E-state index contributed by atoms with van der Waals surface area (Å²) < 4.78 is 0. The smallest absolute Gasteiger partial charge is 0.229 e. The van der Waals surface area contributed by atoms with Gasteiger partial charge in [0.1, 0.15) is 0 Å². The molecule has 0 aromatic heterocycles. The van der Waals surface area contributed by atoms with Gasteiger partial charge in [-0.3, -0.25) is 19.4 Å². The lowest BCUT2D eigenvalue weighted by Gasteiger charge is -2.47. The molecular formula is C26H37N3O2. The van der Waals surface area contributed by atoms with Crippen molar-refractivity contribution in [2.45, 2.75) is 63.8 Å². The van der Waals surface area contributed by atoms with Gasteiger partial charge in [-0.15, -0.1) is 0 Å². The zero-order valence-corrected chi connectivity index (χ0v) is 18.8. The van der Waals surface area contributed by atoms with E-state index in [-0.39, 0.29) is 17.2 Å². The summed E-state index contributed by atoms with van der Waals surface area (Å²) in [5, 5.41) is 0. The van der Waals surface area contributed by atoms with E-state index in [1.165, 1.54) is 24.8 Å². The van der Waals surface area contributed by atoms with Gasteiger partial charge >= 0.3 is 0 Å². The predicted octanol–water partition coefficient (Wildman–Crippen LogP) is 3.33. The van der Waals surface area contributed by atoms with Crippen LogP contribution in [0.5, 0.6) is 0 Å². The van der Waals surface area contributed by atoms with Crippen molar-refractivity contribution in [3.8, 4) is 0 Å². The van der Waals surface area contributed by atoms with Crippen LogP contribution in [0, 0.1) is 11.3 Å². The molecule has 31 heavy (non-hydrogen) atoms. The third-order valence-corrected chi connectivity index (χ3v) is 8.41. The highest BCUT2D eigenvalue weighted by Gasteiger charge is 2.45. The number of likely N-dealkylation sites (tertiary alicyclic amines) is 1. The second-order valence-electron chi connectivity index (χ2n) is 10.6. The highest BCUT2D eigenvalue weighted by molar-refractivity contribution is 5.98. The molecule has 5 nitrogen and oxygen atoms in total. The number of amides is 2.